The molecular formula is C20H23N5O4S. The molecule has 2 aliphatic rings. The molecular weight excluding hydrogens is 406 g/mol. The molecule has 5 rings (SSSR count). The lowest BCUT2D eigenvalue weighted by atomic mass is 10.2. The van der Waals surface area contributed by atoms with Gasteiger partial charge in [-0.15, -0.1) is 0 Å². The standard InChI is InChI=1S/C20H23N5O4S/c1-2-24-13-18(11-21-24)30(26,27)25-10-9-17(12-25)28-16-7-5-14(6-8-16)19-22-20(29-23-19)15-3-4-15/h5-8,11,13,15,17H,2-4,9-10,12H2,1H3. The summed E-state index contributed by atoms with van der Waals surface area (Å²) in [6.07, 6.45) is 5.64. The number of benzene rings is 1. The van der Waals surface area contributed by atoms with E-state index in [1.54, 1.807) is 10.9 Å². The molecule has 1 aliphatic heterocycles. The zero-order chi connectivity index (χ0) is 20.7. The second-order valence-corrected chi connectivity index (χ2v) is 9.62. The first kappa shape index (κ1) is 19.3. The van der Waals surface area contributed by atoms with Crippen LogP contribution < -0.4 is 4.74 Å². The molecule has 0 N–H and O–H groups in total. The highest BCUT2D eigenvalue weighted by Gasteiger charge is 2.34. The number of ether oxygens (including phenoxy) is 1. The second kappa shape index (κ2) is 7.51. The third-order valence-corrected chi connectivity index (χ3v) is 7.28. The van der Waals surface area contributed by atoms with Crippen molar-refractivity contribution in [1.82, 2.24) is 24.2 Å². The van der Waals surface area contributed by atoms with Crippen molar-refractivity contribution in [2.24, 2.45) is 0 Å². The predicted octanol–water partition coefficient (Wildman–Crippen LogP) is 2.67. The summed E-state index contributed by atoms with van der Waals surface area (Å²) in [5.41, 5.74) is 0.863. The van der Waals surface area contributed by atoms with E-state index < -0.39 is 10.0 Å². The maximum atomic E-state index is 12.8. The van der Waals surface area contributed by atoms with Crippen molar-refractivity contribution in [3.63, 3.8) is 0 Å². The monoisotopic (exact) mass is 429 g/mol. The Morgan fingerprint density at radius 2 is 2.00 bits per heavy atom. The summed E-state index contributed by atoms with van der Waals surface area (Å²) in [4.78, 5) is 4.67. The van der Waals surface area contributed by atoms with Gasteiger partial charge in [0.25, 0.3) is 0 Å². The van der Waals surface area contributed by atoms with Crippen LogP contribution in [-0.4, -0.2) is 51.8 Å². The van der Waals surface area contributed by atoms with Crippen molar-refractivity contribution >= 4 is 10.0 Å². The van der Waals surface area contributed by atoms with E-state index in [2.05, 4.69) is 15.2 Å². The van der Waals surface area contributed by atoms with Crippen molar-refractivity contribution in [2.75, 3.05) is 13.1 Å². The van der Waals surface area contributed by atoms with Crippen LogP contribution in [0.1, 0.15) is 38.0 Å². The van der Waals surface area contributed by atoms with E-state index in [0.29, 0.717) is 49.4 Å². The maximum absolute atomic E-state index is 12.8. The van der Waals surface area contributed by atoms with Crippen LogP contribution >= 0.6 is 0 Å². The molecule has 0 bridgehead atoms. The minimum atomic E-state index is -3.55. The molecule has 3 aromatic rings. The predicted molar refractivity (Wildman–Crippen MR) is 107 cm³/mol. The number of sulfonamides is 1. The molecule has 0 radical (unpaired) electrons. The Kier molecular flexibility index (Phi) is 4.82. The highest BCUT2D eigenvalue weighted by molar-refractivity contribution is 7.89. The Hall–Kier alpha value is -2.72. The Morgan fingerprint density at radius 3 is 2.70 bits per heavy atom. The quantitative estimate of drug-likeness (QED) is 0.569. The molecule has 10 heteroatoms. The molecule has 1 aliphatic carbocycles. The van der Waals surface area contributed by atoms with E-state index in [4.69, 9.17) is 9.26 Å². The van der Waals surface area contributed by atoms with Crippen LogP contribution in [0, 0.1) is 0 Å². The second-order valence-electron chi connectivity index (χ2n) is 7.68. The van der Waals surface area contributed by atoms with E-state index in [1.807, 2.05) is 31.2 Å². The Labute approximate surface area is 174 Å². The zero-order valence-corrected chi connectivity index (χ0v) is 17.5. The molecule has 0 spiro atoms. The molecule has 1 saturated carbocycles. The fourth-order valence-corrected chi connectivity index (χ4v) is 4.98. The van der Waals surface area contributed by atoms with Crippen molar-refractivity contribution in [3.05, 3.63) is 42.5 Å². The Morgan fingerprint density at radius 1 is 1.20 bits per heavy atom. The number of hydrogen-bond donors (Lipinski definition) is 0. The van der Waals surface area contributed by atoms with E-state index in [-0.39, 0.29) is 11.0 Å². The normalized spacial score (nSPS) is 20.0. The highest BCUT2D eigenvalue weighted by Crippen LogP contribution is 2.39. The molecule has 1 saturated heterocycles. The summed E-state index contributed by atoms with van der Waals surface area (Å²) < 4.78 is 40.0. The van der Waals surface area contributed by atoms with Crippen LogP contribution in [0.3, 0.4) is 0 Å². The van der Waals surface area contributed by atoms with Gasteiger partial charge in [-0.05, 0) is 50.5 Å². The van der Waals surface area contributed by atoms with Crippen LogP contribution in [0.2, 0.25) is 0 Å². The van der Waals surface area contributed by atoms with Crippen molar-refractivity contribution in [3.8, 4) is 17.1 Å². The molecule has 1 unspecified atom stereocenters. The number of nitrogens with zero attached hydrogens (tertiary/aromatic N) is 5. The average Bonchev–Trinajstić information content (AvgIpc) is 3.17. The lowest BCUT2D eigenvalue weighted by Gasteiger charge is -2.16. The number of aryl methyl sites for hydroxylation is 1. The molecule has 158 valence electrons. The summed E-state index contributed by atoms with van der Waals surface area (Å²) in [6, 6.07) is 7.48. The van der Waals surface area contributed by atoms with Crippen LogP contribution in [-0.2, 0) is 16.6 Å². The van der Waals surface area contributed by atoms with Gasteiger partial charge in [0.15, 0.2) is 0 Å². The van der Waals surface area contributed by atoms with Gasteiger partial charge in [-0.2, -0.15) is 14.4 Å². The number of rotatable bonds is 7. The third-order valence-electron chi connectivity index (χ3n) is 5.46. The summed E-state index contributed by atoms with van der Waals surface area (Å²) in [5.74, 6) is 2.40. The fourth-order valence-electron chi connectivity index (χ4n) is 3.54. The van der Waals surface area contributed by atoms with Gasteiger partial charge >= 0.3 is 0 Å². The SMILES string of the molecule is CCn1cc(S(=O)(=O)N2CCC(Oc3ccc(-c4noc(C5CC5)n4)cc3)C2)cn1. The smallest absolute Gasteiger partial charge is 0.246 e. The van der Waals surface area contributed by atoms with Gasteiger partial charge in [0.1, 0.15) is 16.7 Å². The molecule has 9 nitrogen and oxygen atoms in total. The lowest BCUT2D eigenvalue weighted by Crippen LogP contribution is -2.30. The van der Waals surface area contributed by atoms with Crippen molar-refractivity contribution in [2.45, 2.75) is 49.6 Å². The molecule has 2 fully saturated rings. The van der Waals surface area contributed by atoms with Gasteiger partial charge in [-0.1, -0.05) is 5.16 Å². The molecule has 1 aromatic carbocycles. The van der Waals surface area contributed by atoms with Gasteiger partial charge in [0, 0.05) is 30.8 Å². The first-order valence-electron chi connectivity index (χ1n) is 10.2. The zero-order valence-electron chi connectivity index (χ0n) is 16.6. The molecule has 3 heterocycles. The molecule has 2 aromatic heterocycles. The highest BCUT2D eigenvalue weighted by atomic mass is 32.2. The van der Waals surface area contributed by atoms with E-state index in [1.165, 1.54) is 10.5 Å². The number of hydrogen-bond acceptors (Lipinski definition) is 7. The van der Waals surface area contributed by atoms with Gasteiger partial charge in [0.2, 0.25) is 21.7 Å². The Bertz CT molecular complexity index is 1130. The topological polar surface area (TPSA) is 103 Å². The summed E-state index contributed by atoms with van der Waals surface area (Å²) in [7, 11) is -3.55. The largest absolute Gasteiger partial charge is 0.489 e. The maximum Gasteiger partial charge on any atom is 0.246 e. The molecule has 30 heavy (non-hydrogen) atoms. The van der Waals surface area contributed by atoms with Crippen LogP contribution in [0.4, 0.5) is 0 Å². The fraction of sp³-hybridized carbons (Fsp3) is 0.450. The lowest BCUT2D eigenvalue weighted by molar-refractivity contribution is 0.215. The summed E-state index contributed by atoms with van der Waals surface area (Å²) in [6.45, 7) is 3.29. The minimum Gasteiger partial charge on any atom is -0.489 e. The molecule has 1 atom stereocenters. The van der Waals surface area contributed by atoms with E-state index in [9.17, 15) is 8.42 Å². The first-order chi connectivity index (χ1) is 14.5. The first-order valence-corrected chi connectivity index (χ1v) is 11.6. The van der Waals surface area contributed by atoms with Gasteiger partial charge < -0.3 is 9.26 Å². The summed E-state index contributed by atoms with van der Waals surface area (Å²) in [5, 5.41) is 8.12. The van der Waals surface area contributed by atoms with Gasteiger partial charge in [0.05, 0.1) is 12.7 Å². The number of aromatic nitrogens is 4. The summed E-state index contributed by atoms with van der Waals surface area (Å²) >= 11 is 0. The average molecular weight is 430 g/mol. The van der Waals surface area contributed by atoms with Crippen molar-refractivity contribution in [1.29, 1.82) is 0 Å². The van der Waals surface area contributed by atoms with Crippen molar-refractivity contribution < 1.29 is 17.7 Å². The van der Waals surface area contributed by atoms with E-state index >= 15 is 0 Å². The van der Waals surface area contributed by atoms with E-state index in [0.717, 1.165) is 18.4 Å². The van der Waals surface area contributed by atoms with Crippen LogP contribution in [0.5, 0.6) is 5.75 Å². The van der Waals surface area contributed by atoms with Gasteiger partial charge in [-0.3, -0.25) is 4.68 Å². The Balaban J connectivity index is 1.22. The van der Waals surface area contributed by atoms with Crippen LogP contribution in [0.25, 0.3) is 11.4 Å². The minimum absolute atomic E-state index is 0.196. The third kappa shape index (κ3) is 3.72. The van der Waals surface area contributed by atoms with Crippen LogP contribution in [0.15, 0.2) is 46.1 Å². The molecule has 0 amide bonds. The van der Waals surface area contributed by atoms with Gasteiger partial charge in [-0.25, -0.2) is 8.42 Å².